The van der Waals surface area contributed by atoms with Crippen LogP contribution >= 0.6 is 0 Å². The van der Waals surface area contributed by atoms with E-state index in [0.29, 0.717) is 0 Å². The largest absolute Gasteiger partial charge is 0.314 e. The van der Waals surface area contributed by atoms with Crippen LogP contribution in [0.5, 0.6) is 0 Å². The smallest absolute Gasteiger partial charge is 0.0130 e. The monoisotopic (exact) mass is 125 g/mol. The van der Waals surface area contributed by atoms with E-state index in [1.54, 1.807) is 0 Å². The van der Waals surface area contributed by atoms with E-state index in [4.69, 9.17) is 0 Å². The van der Waals surface area contributed by atoms with Gasteiger partial charge in [0.15, 0.2) is 0 Å². The second-order valence-electron chi connectivity index (χ2n) is 2.64. The lowest BCUT2D eigenvalue weighted by Gasteiger charge is -2.34. The summed E-state index contributed by atoms with van der Waals surface area (Å²) >= 11 is 0. The summed E-state index contributed by atoms with van der Waals surface area (Å²) < 4.78 is 0. The van der Waals surface area contributed by atoms with Gasteiger partial charge in [-0.05, 0) is 25.3 Å². The van der Waals surface area contributed by atoms with Gasteiger partial charge in [0.25, 0.3) is 0 Å². The highest BCUT2D eigenvalue weighted by atomic mass is 14.9. The van der Waals surface area contributed by atoms with E-state index >= 15 is 0 Å². The molecule has 0 spiro atoms. The zero-order chi connectivity index (χ0) is 6.69. The number of rotatable bonds is 3. The fourth-order valence-corrected chi connectivity index (χ4v) is 1.32. The van der Waals surface area contributed by atoms with Gasteiger partial charge in [0.05, 0.1) is 0 Å². The molecule has 0 radical (unpaired) electrons. The first kappa shape index (κ1) is 6.81. The molecule has 1 saturated carbocycles. The average Bonchev–Trinajstić information content (AvgIpc) is 1.82. The van der Waals surface area contributed by atoms with Crippen molar-refractivity contribution in [2.75, 3.05) is 6.54 Å². The molecule has 1 N–H and O–H groups in total. The predicted octanol–water partition coefficient (Wildman–Crippen LogP) is 1.56. The maximum absolute atomic E-state index is 3.78. The van der Waals surface area contributed by atoms with Crippen LogP contribution in [0.15, 0.2) is 12.7 Å². The Balaban J connectivity index is 2.18. The summed E-state index contributed by atoms with van der Waals surface area (Å²) in [6, 6.07) is 0.743. The van der Waals surface area contributed by atoms with Gasteiger partial charge in [-0.15, -0.1) is 6.58 Å². The first-order chi connectivity index (χ1) is 4.38. The van der Waals surface area contributed by atoms with Gasteiger partial charge in [-0.2, -0.15) is 0 Å². The third-order valence-corrected chi connectivity index (χ3v) is 2.10. The Morgan fingerprint density at radius 2 is 2.44 bits per heavy atom. The van der Waals surface area contributed by atoms with Gasteiger partial charge in [-0.3, -0.25) is 0 Å². The number of hydrogen-bond acceptors (Lipinski definition) is 1. The Labute approximate surface area is 57.1 Å². The number of nitrogens with one attached hydrogen (secondary N) is 1. The van der Waals surface area contributed by atoms with Crippen LogP contribution in [0.2, 0.25) is 0 Å². The highest BCUT2D eigenvalue weighted by Crippen LogP contribution is 2.27. The number of hydrogen-bond donors (Lipinski definition) is 1. The molecule has 0 bridgehead atoms. The van der Waals surface area contributed by atoms with Crippen LogP contribution in [0.1, 0.15) is 19.8 Å². The van der Waals surface area contributed by atoms with Crippen molar-refractivity contribution in [1.29, 1.82) is 0 Å². The molecular weight excluding hydrogens is 110 g/mol. The van der Waals surface area contributed by atoms with E-state index in [1.807, 2.05) is 0 Å². The fraction of sp³-hybridized carbons (Fsp3) is 0.750. The summed E-state index contributed by atoms with van der Waals surface area (Å²) in [6.07, 6.45) is 4.74. The van der Waals surface area contributed by atoms with E-state index in [2.05, 4.69) is 24.9 Å². The van der Waals surface area contributed by atoms with Crippen molar-refractivity contribution in [3.8, 4) is 0 Å². The van der Waals surface area contributed by atoms with Gasteiger partial charge in [0.1, 0.15) is 0 Å². The quantitative estimate of drug-likeness (QED) is 0.564. The van der Waals surface area contributed by atoms with Gasteiger partial charge in [0, 0.05) is 6.04 Å². The third kappa shape index (κ3) is 1.33. The van der Waals surface area contributed by atoms with Crippen LogP contribution in [0.4, 0.5) is 0 Å². The SMILES string of the molecule is C=C[C@H]1CC[C@H]1NCC. The van der Waals surface area contributed by atoms with Gasteiger partial charge in [-0.1, -0.05) is 13.0 Å². The van der Waals surface area contributed by atoms with Crippen molar-refractivity contribution in [3.05, 3.63) is 12.7 Å². The maximum Gasteiger partial charge on any atom is 0.0130 e. The van der Waals surface area contributed by atoms with Crippen molar-refractivity contribution in [2.45, 2.75) is 25.8 Å². The van der Waals surface area contributed by atoms with Crippen LogP contribution in [0.25, 0.3) is 0 Å². The predicted molar refractivity (Wildman–Crippen MR) is 40.4 cm³/mol. The molecule has 0 unspecified atom stereocenters. The Bertz CT molecular complexity index is 98.7. The standard InChI is InChI=1S/C8H15N/c1-3-7-5-6-8(7)9-4-2/h3,7-9H,1,4-6H2,2H3/t7-,8+/m0/s1. The van der Waals surface area contributed by atoms with Crippen molar-refractivity contribution in [2.24, 2.45) is 5.92 Å². The average molecular weight is 125 g/mol. The molecule has 0 saturated heterocycles. The van der Waals surface area contributed by atoms with Crippen LogP contribution < -0.4 is 5.32 Å². The minimum absolute atomic E-state index is 0.743. The van der Waals surface area contributed by atoms with Crippen LogP contribution in [0, 0.1) is 5.92 Å². The van der Waals surface area contributed by atoms with Gasteiger partial charge in [0.2, 0.25) is 0 Å². The molecule has 0 heterocycles. The van der Waals surface area contributed by atoms with Crippen molar-refractivity contribution < 1.29 is 0 Å². The Kier molecular flexibility index (Phi) is 2.29. The highest BCUT2D eigenvalue weighted by molar-refractivity contribution is 4.96. The normalized spacial score (nSPS) is 33.4. The molecule has 0 aromatic rings. The van der Waals surface area contributed by atoms with E-state index in [1.165, 1.54) is 12.8 Å². The third-order valence-electron chi connectivity index (χ3n) is 2.10. The second kappa shape index (κ2) is 3.02. The lowest BCUT2D eigenvalue weighted by atomic mass is 9.80. The van der Waals surface area contributed by atoms with E-state index in [9.17, 15) is 0 Å². The summed E-state index contributed by atoms with van der Waals surface area (Å²) in [6.45, 7) is 7.02. The van der Waals surface area contributed by atoms with Crippen LogP contribution in [-0.4, -0.2) is 12.6 Å². The van der Waals surface area contributed by atoms with Crippen LogP contribution in [0.3, 0.4) is 0 Å². The molecule has 0 amide bonds. The van der Waals surface area contributed by atoms with Gasteiger partial charge in [-0.25, -0.2) is 0 Å². The van der Waals surface area contributed by atoms with E-state index < -0.39 is 0 Å². The molecule has 52 valence electrons. The second-order valence-corrected chi connectivity index (χ2v) is 2.64. The molecule has 1 nitrogen and oxygen atoms in total. The summed E-state index contributed by atoms with van der Waals surface area (Å²) in [5.74, 6) is 0.755. The highest BCUT2D eigenvalue weighted by Gasteiger charge is 2.26. The molecule has 1 aliphatic carbocycles. The lowest BCUT2D eigenvalue weighted by molar-refractivity contribution is 0.264. The molecule has 2 atom stereocenters. The summed E-state index contributed by atoms with van der Waals surface area (Å²) in [7, 11) is 0. The first-order valence-corrected chi connectivity index (χ1v) is 3.74. The minimum Gasteiger partial charge on any atom is -0.314 e. The van der Waals surface area contributed by atoms with Gasteiger partial charge < -0.3 is 5.32 Å². The van der Waals surface area contributed by atoms with Gasteiger partial charge >= 0.3 is 0 Å². The topological polar surface area (TPSA) is 12.0 Å². The molecular formula is C8H15N. The zero-order valence-electron chi connectivity index (χ0n) is 6.06. The molecule has 1 rings (SSSR count). The first-order valence-electron chi connectivity index (χ1n) is 3.74. The summed E-state index contributed by atoms with van der Waals surface area (Å²) in [5, 5.41) is 3.41. The Morgan fingerprint density at radius 3 is 2.78 bits per heavy atom. The molecule has 0 aromatic heterocycles. The molecule has 1 fully saturated rings. The Hall–Kier alpha value is -0.300. The molecule has 0 aromatic carbocycles. The molecule has 9 heavy (non-hydrogen) atoms. The summed E-state index contributed by atoms with van der Waals surface area (Å²) in [4.78, 5) is 0. The van der Waals surface area contributed by atoms with E-state index in [-0.39, 0.29) is 0 Å². The fourth-order valence-electron chi connectivity index (χ4n) is 1.32. The van der Waals surface area contributed by atoms with Crippen molar-refractivity contribution in [3.63, 3.8) is 0 Å². The minimum atomic E-state index is 0.743. The Morgan fingerprint density at radius 1 is 1.67 bits per heavy atom. The van der Waals surface area contributed by atoms with Crippen molar-refractivity contribution >= 4 is 0 Å². The molecule has 0 aliphatic heterocycles. The lowest BCUT2D eigenvalue weighted by Crippen LogP contribution is -2.42. The zero-order valence-corrected chi connectivity index (χ0v) is 6.06. The maximum atomic E-state index is 3.78. The summed E-state index contributed by atoms with van der Waals surface area (Å²) in [5.41, 5.74) is 0. The van der Waals surface area contributed by atoms with Crippen molar-refractivity contribution in [1.82, 2.24) is 5.32 Å². The van der Waals surface area contributed by atoms with E-state index in [0.717, 1.165) is 18.5 Å². The van der Waals surface area contributed by atoms with Crippen LogP contribution in [-0.2, 0) is 0 Å². The molecule has 1 aliphatic rings. The molecule has 1 heteroatoms.